The number of hydrogen-bond donors (Lipinski definition) is 1. The van der Waals surface area contributed by atoms with E-state index in [4.69, 9.17) is 4.42 Å². The molecule has 0 aliphatic heterocycles. The van der Waals surface area contributed by atoms with E-state index >= 15 is 0 Å². The molecular weight excluding hydrogens is 248 g/mol. The van der Waals surface area contributed by atoms with Gasteiger partial charge in [0.25, 0.3) is 0 Å². The molecule has 1 rings (SSSR count). The average Bonchev–Trinajstić information content (AvgIpc) is 2.75. The van der Waals surface area contributed by atoms with Crippen LogP contribution in [0.2, 0.25) is 0 Å². The first-order valence-electron chi connectivity index (χ1n) is 8.01. The lowest BCUT2D eigenvalue weighted by atomic mass is 10.1. The Kier molecular flexibility index (Phi) is 7.93. The van der Waals surface area contributed by atoms with Crippen LogP contribution in [0.15, 0.2) is 16.7 Å². The normalized spacial score (nSPS) is 12.0. The maximum atomic E-state index is 5.71. The minimum atomic E-state index is 0.686. The van der Waals surface area contributed by atoms with Crippen molar-refractivity contribution in [2.75, 3.05) is 19.6 Å². The molecule has 0 saturated carbocycles. The van der Waals surface area contributed by atoms with E-state index in [1.54, 1.807) is 0 Å². The van der Waals surface area contributed by atoms with E-state index in [-0.39, 0.29) is 0 Å². The van der Waals surface area contributed by atoms with E-state index in [0.717, 1.165) is 38.5 Å². The Labute approximate surface area is 124 Å². The average molecular weight is 280 g/mol. The number of nitrogens with one attached hydrogen (secondary N) is 1. The minimum absolute atomic E-state index is 0.686. The Bertz CT molecular complexity index is 348. The highest BCUT2D eigenvalue weighted by molar-refractivity contribution is 5.16. The summed E-state index contributed by atoms with van der Waals surface area (Å²) < 4.78 is 5.71. The number of hydrogen-bond acceptors (Lipinski definition) is 3. The first-order chi connectivity index (χ1) is 9.52. The molecule has 0 atom stereocenters. The summed E-state index contributed by atoms with van der Waals surface area (Å²) in [6, 6.07) is 2.10. The standard InChI is InChI=1S/C17H32N2O/c1-6-8-18-10-16-7-9-20-17(16)13-19(11-14(2)3)12-15(4)5/h7,9,14-15,18H,6,8,10-13H2,1-5H3. The van der Waals surface area contributed by atoms with Gasteiger partial charge in [-0.05, 0) is 30.9 Å². The van der Waals surface area contributed by atoms with Gasteiger partial charge in [-0.3, -0.25) is 4.90 Å². The molecule has 0 fully saturated rings. The van der Waals surface area contributed by atoms with Crippen LogP contribution in [-0.4, -0.2) is 24.5 Å². The summed E-state index contributed by atoms with van der Waals surface area (Å²) in [5.74, 6) is 2.49. The van der Waals surface area contributed by atoms with Crippen molar-refractivity contribution in [1.82, 2.24) is 10.2 Å². The number of nitrogens with zero attached hydrogens (tertiary/aromatic N) is 1. The predicted molar refractivity (Wildman–Crippen MR) is 85.7 cm³/mol. The molecule has 0 aromatic carbocycles. The first-order valence-corrected chi connectivity index (χ1v) is 8.01. The van der Waals surface area contributed by atoms with Crippen LogP contribution < -0.4 is 5.32 Å². The van der Waals surface area contributed by atoms with Crippen LogP contribution in [0.5, 0.6) is 0 Å². The third kappa shape index (κ3) is 6.58. The molecule has 20 heavy (non-hydrogen) atoms. The van der Waals surface area contributed by atoms with Crippen LogP contribution in [0.3, 0.4) is 0 Å². The van der Waals surface area contributed by atoms with Gasteiger partial charge in [0, 0.05) is 25.2 Å². The number of rotatable bonds is 10. The molecule has 1 N–H and O–H groups in total. The Hall–Kier alpha value is -0.800. The Balaban J connectivity index is 2.60. The molecule has 0 amide bonds. The Morgan fingerprint density at radius 1 is 1.15 bits per heavy atom. The summed E-state index contributed by atoms with van der Waals surface area (Å²) in [5, 5.41) is 3.45. The van der Waals surface area contributed by atoms with Gasteiger partial charge in [0.15, 0.2) is 0 Å². The highest BCUT2D eigenvalue weighted by Crippen LogP contribution is 2.15. The third-order valence-corrected chi connectivity index (χ3v) is 3.19. The van der Waals surface area contributed by atoms with Crippen molar-refractivity contribution in [1.29, 1.82) is 0 Å². The van der Waals surface area contributed by atoms with E-state index in [2.05, 4.69) is 50.9 Å². The summed E-state index contributed by atoms with van der Waals surface area (Å²) >= 11 is 0. The van der Waals surface area contributed by atoms with Crippen molar-refractivity contribution in [3.63, 3.8) is 0 Å². The largest absolute Gasteiger partial charge is 0.468 e. The molecule has 1 heterocycles. The van der Waals surface area contributed by atoms with Crippen LogP contribution in [0, 0.1) is 11.8 Å². The minimum Gasteiger partial charge on any atom is -0.468 e. The highest BCUT2D eigenvalue weighted by atomic mass is 16.3. The van der Waals surface area contributed by atoms with E-state index in [0.29, 0.717) is 11.8 Å². The van der Waals surface area contributed by atoms with Crippen LogP contribution in [-0.2, 0) is 13.1 Å². The first kappa shape index (κ1) is 17.3. The summed E-state index contributed by atoms with van der Waals surface area (Å²) in [4.78, 5) is 2.51. The second-order valence-electron chi connectivity index (χ2n) is 6.53. The molecule has 3 heteroatoms. The maximum Gasteiger partial charge on any atom is 0.122 e. The fourth-order valence-electron chi connectivity index (χ4n) is 2.50. The monoisotopic (exact) mass is 280 g/mol. The van der Waals surface area contributed by atoms with Gasteiger partial charge in [-0.15, -0.1) is 0 Å². The lowest BCUT2D eigenvalue weighted by Gasteiger charge is -2.25. The summed E-state index contributed by atoms with van der Waals surface area (Å²) in [7, 11) is 0. The quantitative estimate of drug-likeness (QED) is 0.659. The zero-order valence-corrected chi connectivity index (χ0v) is 13.9. The molecule has 0 spiro atoms. The maximum absolute atomic E-state index is 5.71. The van der Waals surface area contributed by atoms with E-state index < -0.39 is 0 Å². The van der Waals surface area contributed by atoms with Gasteiger partial charge in [0.2, 0.25) is 0 Å². The molecule has 116 valence electrons. The molecular formula is C17H32N2O. The van der Waals surface area contributed by atoms with Crippen LogP contribution in [0.1, 0.15) is 52.4 Å². The van der Waals surface area contributed by atoms with Crippen LogP contribution in [0.25, 0.3) is 0 Å². The SMILES string of the molecule is CCCNCc1ccoc1CN(CC(C)C)CC(C)C. The van der Waals surface area contributed by atoms with E-state index in [1.165, 1.54) is 12.0 Å². The molecule has 0 radical (unpaired) electrons. The molecule has 3 nitrogen and oxygen atoms in total. The lowest BCUT2D eigenvalue weighted by Crippen LogP contribution is -2.31. The third-order valence-electron chi connectivity index (χ3n) is 3.19. The zero-order chi connectivity index (χ0) is 15.0. The van der Waals surface area contributed by atoms with Crippen molar-refractivity contribution in [3.05, 3.63) is 23.7 Å². The number of furan rings is 1. The van der Waals surface area contributed by atoms with Crippen molar-refractivity contribution in [2.45, 2.75) is 54.1 Å². The van der Waals surface area contributed by atoms with Gasteiger partial charge in [-0.2, -0.15) is 0 Å². The summed E-state index contributed by atoms with van der Waals surface area (Å²) in [6.07, 6.45) is 2.99. The molecule has 1 aromatic heterocycles. The molecule has 0 aliphatic carbocycles. The Morgan fingerprint density at radius 3 is 2.35 bits per heavy atom. The molecule has 0 unspecified atom stereocenters. The summed E-state index contributed by atoms with van der Waals surface area (Å²) in [5.41, 5.74) is 1.30. The molecule has 1 aromatic rings. The lowest BCUT2D eigenvalue weighted by molar-refractivity contribution is 0.196. The molecule has 0 bridgehead atoms. The zero-order valence-electron chi connectivity index (χ0n) is 13.9. The van der Waals surface area contributed by atoms with Gasteiger partial charge in [-0.1, -0.05) is 34.6 Å². The van der Waals surface area contributed by atoms with Crippen molar-refractivity contribution < 1.29 is 4.42 Å². The van der Waals surface area contributed by atoms with Gasteiger partial charge < -0.3 is 9.73 Å². The van der Waals surface area contributed by atoms with Crippen molar-refractivity contribution in [2.24, 2.45) is 11.8 Å². The highest BCUT2D eigenvalue weighted by Gasteiger charge is 2.14. The van der Waals surface area contributed by atoms with E-state index in [1.807, 2.05) is 6.26 Å². The van der Waals surface area contributed by atoms with E-state index in [9.17, 15) is 0 Å². The van der Waals surface area contributed by atoms with Crippen molar-refractivity contribution >= 4 is 0 Å². The fraction of sp³-hybridized carbons (Fsp3) is 0.765. The second-order valence-corrected chi connectivity index (χ2v) is 6.53. The smallest absolute Gasteiger partial charge is 0.122 e. The van der Waals surface area contributed by atoms with Gasteiger partial charge >= 0.3 is 0 Å². The Morgan fingerprint density at radius 2 is 1.80 bits per heavy atom. The predicted octanol–water partition coefficient (Wildman–Crippen LogP) is 3.89. The summed E-state index contributed by atoms with van der Waals surface area (Å²) in [6.45, 7) is 16.4. The molecule has 0 saturated heterocycles. The fourth-order valence-corrected chi connectivity index (χ4v) is 2.50. The van der Waals surface area contributed by atoms with Gasteiger partial charge in [-0.25, -0.2) is 0 Å². The second kappa shape index (κ2) is 9.19. The molecule has 0 aliphatic rings. The van der Waals surface area contributed by atoms with Crippen molar-refractivity contribution in [3.8, 4) is 0 Å². The van der Waals surface area contributed by atoms with Crippen LogP contribution in [0.4, 0.5) is 0 Å². The topological polar surface area (TPSA) is 28.4 Å². The van der Waals surface area contributed by atoms with Crippen LogP contribution >= 0.6 is 0 Å². The van der Waals surface area contributed by atoms with Gasteiger partial charge in [0.1, 0.15) is 5.76 Å². The van der Waals surface area contributed by atoms with Gasteiger partial charge in [0.05, 0.1) is 12.8 Å².